The van der Waals surface area contributed by atoms with Crippen molar-refractivity contribution >= 4 is 40.5 Å². The van der Waals surface area contributed by atoms with Crippen molar-refractivity contribution in [3.8, 4) is 0 Å². The molecular formula is C19H19ClFNO3S. The van der Waals surface area contributed by atoms with Crippen LogP contribution in [0.25, 0.3) is 0 Å². The van der Waals surface area contributed by atoms with Gasteiger partial charge < -0.3 is 10.1 Å². The Morgan fingerprint density at radius 1 is 1.23 bits per heavy atom. The molecule has 0 saturated carbocycles. The van der Waals surface area contributed by atoms with Crippen LogP contribution in [0.15, 0.2) is 24.3 Å². The number of thiophene rings is 1. The minimum atomic E-state index is -0.995. The lowest BCUT2D eigenvalue weighted by Crippen LogP contribution is -2.29. The maximum atomic E-state index is 13.1. The van der Waals surface area contributed by atoms with Crippen LogP contribution in [0.1, 0.15) is 46.3 Å². The number of esters is 1. The molecular weight excluding hydrogens is 377 g/mol. The van der Waals surface area contributed by atoms with Crippen molar-refractivity contribution in [1.82, 2.24) is 0 Å². The highest BCUT2D eigenvalue weighted by atomic mass is 35.5. The zero-order valence-corrected chi connectivity index (χ0v) is 15.9. The van der Waals surface area contributed by atoms with E-state index >= 15 is 0 Å². The van der Waals surface area contributed by atoms with Crippen LogP contribution in [0.2, 0.25) is 5.02 Å². The van der Waals surface area contributed by atoms with E-state index in [-0.39, 0.29) is 10.7 Å². The number of nitrogens with one attached hydrogen (secondary N) is 1. The van der Waals surface area contributed by atoms with Crippen LogP contribution in [-0.4, -0.2) is 18.0 Å². The number of hydrogen-bond acceptors (Lipinski definition) is 4. The Bertz CT molecular complexity index is 813. The smallest absolute Gasteiger partial charge is 0.349 e. The summed E-state index contributed by atoms with van der Waals surface area (Å²) in [4.78, 5) is 26.3. The van der Waals surface area contributed by atoms with Gasteiger partial charge in [0.05, 0.1) is 10.7 Å². The number of fused-ring (bicyclic) bond motifs is 1. The summed E-state index contributed by atoms with van der Waals surface area (Å²) in [6.07, 6.45) is 4.47. The summed E-state index contributed by atoms with van der Waals surface area (Å²) in [5.74, 6) is -1.52. The maximum Gasteiger partial charge on any atom is 0.349 e. The van der Waals surface area contributed by atoms with Gasteiger partial charge in [-0.1, -0.05) is 18.0 Å². The van der Waals surface area contributed by atoms with E-state index in [0.29, 0.717) is 4.88 Å². The fourth-order valence-corrected chi connectivity index (χ4v) is 4.22. The van der Waals surface area contributed by atoms with E-state index in [1.54, 1.807) is 0 Å². The third-order valence-electron chi connectivity index (χ3n) is 4.29. The van der Waals surface area contributed by atoms with E-state index in [1.807, 2.05) is 6.07 Å². The first-order valence-electron chi connectivity index (χ1n) is 8.52. The molecule has 4 nitrogen and oxygen atoms in total. The molecule has 1 aliphatic rings. The van der Waals surface area contributed by atoms with Crippen LogP contribution in [0, 0.1) is 5.82 Å². The van der Waals surface area contributed by atoms with Crippen LogP contribution in [-0.2, 0) is 22.4 Å². The number of halogens is 2. The molecule has 0 radical (unpaired) electrons. The minimum Gasteiger partial charge on any atom is -0.448 e. The van der Waals surface area contributed by atoms with Crippen molar-refractivity contribution in [3.05, 3.63) is 50.4 Å². The summed E-state index contributed by atoms with van der Waals surface area (Å²) in [6.45, 7) is 1.49. The van der Waals surface area contributed by atoms with Crippen LogP contribution < -0.4 is 5.32 Å². The number of anilines is 1. The molecule has 7 heteroatoms. The number of benzene rings is 1. The SMILES string of the molecule is CC(OC(=O)c1cc2c(s1)CCCCC2)C(=O)Nc1ccc(F)cc1Cl. The lowest BCUT2D eigenvalue weighted by atomic mass is 10.1. The zero-order chi connectivity index (χ0) is 18.7. The first kappa shape index (κ1) is 18.9. The second-order valence-electron chi connectivity index (χ2n) is 6.28. The van der Waals surface area contributed by atoms with Crippen molar-refractivity contribution < 1.29 is 18.7 Å². The Morgan fingerprint density at radius 2 is 2.00 bits per heavy atom. The van der Waals surface area contributed by atoms with E-state index in [4.69, 9.17) is 16.3 Å². The Morgan fingerprint density at radius 3 is 2.77 bits per heavy atom. The predicted molar refractivity (Wildman–Crippen MR) is 100 cm³/mol. The minimum absolute atomic E-state index is 0.0823. The summed E-state index contributed by atoms with van der Waals surface area (Å²) in [7, 11) is 0. The molecule has 1 aromatic heterocycles. The topological polar surface area (TPSA) is 55.4 Å². The Balaban J connectivity index is 1.62. The van der Waals surface area contributed by atoms with Crippen LogP contribution in [0.3, 0.4) is 0 Å². The summed E-state index contributed by atoms with van der Waals surface area (Å²) < 4.78 is 18.3. The lowest BCUT2D eigenvalue weighted by molar-refractivity contribution is -0.123. The molecule has 0 fully saturated rings. The van der Waals surface area contributed by atoms with Crippen molar-refractivity contribution in [2.75, 3.05) is 5.32 Å². The third-order valence-corrected chi connectivity index (χ3v) is 5.82. The first-order chi connectivity index (χ1) is 12.4. The average Bonchev–Trinajstić information content (AvgIpc) is 2.88. The van der Waals surface area contributed by atoms with Gasteiger partial charge in [-0.05, 0) is 62.4 Å². The highest BCUT2D eigenvalue weighted by Crippen LogP contribution is 2.29. The Hall–Kier alpha value is -1.92. The number of carbonyl (C=O) groups is 2. The molecule has 1 atom stereocenters. The molecule has 1 amide bonds. The van der Waals surface area contributed by atoms with Gasteiger partial charge in [-0.2, -0.15) is 0 Å². The van der Waals surface area contributed by atoms with E-state index in [2.05, 4.69) is 5.32 Å². The van der Waals surface area contributed by atoms with Crippen LogP contribution >= 0.6 is 22.9 Å². The van der Waals surface area contributed by atoms with Gasteiger partial charge in [-0.15, -0.1) is 11.3 Å². The van der Waals surface area contributed by atoms with Crippen molar-refractivity contribution in [3.63, 3.8) is 0 Å². The largest absolute Gasteiger partial charge is 0.448 e. The molecule has 1 unspecified atom stereocenters. The number of ether oxygens (including phenoxy) is 1. The van der Waals surface area contributed by atoms with Gasteiger partial charge in [0.2, 0.25) is 0 Å². The monoisotopic (exact) mass is 395 g/mol. The van der Waals surface area contributed by atoms with Crippen molar-refractivity contribution in [1.29, 1.82) is 0 Å². The van der Waals surface area contributed by atoms with Crippen LogP contribution in [0.4, 0.5) is 10.1 Å². The second-order valence-corrected chi connectivity index (χ2v) is 7.82. The van der Waals surface area contributed by atoms with Gasteiger partial charge in [0, 0.05) is 4.88 Å². The number of rotatable bonds is 4. The fraction of sp³-hybridized carbons (Fsp3) is 0.368. The number of carbonyl (C=O) groups excluding carboxylic acids is 2. The predicted octanol–water partition coefficient (Wildman–Crippen LogP) is 4.99. The molecule has 1 heterocycles. The molecule has 2 aromatic rings. The zero-order valence-electron chi connectivity index (χ0n) is 14.3. The Kier molecular flexibility index (Phi) is 5.94. The van der Waals surface area contributed by atoms with Gasteiger partial charge in [0.15, 0.2) is 6.10 Å². The molecule has 3 rings (SSSR count). The van der Waals surface area contributed by atoms with Crippen LogP contribution in [0.5, 0.6) is 0 Å². The molecule has 26 heavy (non-hydrogen) atoms. The highest BCUT2D eigenvalue weighted by Gasteiger charge is 2.23. The lowest BCUT2D eigenvalue weighted by Gasteiger charge is -2.13. The summed E-state index contributed by atoms with van der Waals surface area (Å²) in [6, 6.07) is 5.54. The van der Waals surface area contributed by atoms with Gasteiger partial charge in [-0.25, -0.2) is 9.18 Å². The molecule has 0 saturated heterocycles. The van der Waals surface area contributed by atoms with E-state index < -0.39 is 23.8 Å². The van der Waals surface area contributed by atoms with Gasteiger partial charge in [-0.3, -0.25) is 4.79 Å². The van der Waals surface area contributed by atoms with Gasteiger partial charge in [0.25, 0.3) is 5.91 Å². The quantitative estimate of drug-likeness (QED) is 0.585. The van der Waals surface area contributed by atoms with E-state index in [0.717, 1.165) is 31.7 Å². The third kappa shape index (κ3) is 4.43. The second kappa shape index (κ2) is 8.18. The molecule has 1 aliphatic carbocycles. The molecule has 0 spiro atoms. The number of hydrogen-bond donors (Lipinski definition) is 1. The summed E-state index contributed by atoms with van der Waals surface area (Å²) in [5, 5.41) is 2.62. The normalized spacial score (nSPS) is 14.9. The molecule has 1 N–H and O–H groups in total. The average molecular weight is 396 g/mol. The maximum absolute atomic E-state index is 13.1. The number of amides is 1. The Labute approximate surface area is 160 Å². The number of aryl methyl sites for hydroxylation is 2. The summed E-state index contributed by atoms with van der Waals surface area (Å²) in [5.41, 5.74) is 1.48. The van der Waals surface area contributed by atoms with Crippen molar-refractivity contribution in [2.24, 2.45) is 0 Å². The summed E-state index contributed by atoms with van der Waals surface area (Å²) >= 11 is 7.34. The molecule has 0 aliphatic heterocycles. The van der Waals surface area contributed by atoms with Gasteiger partial charge >= 0.3 is 5.97 Å². The first-order valence-corrected chi connectivity index (χ1v) is 9.72. The van der Waals surface area contributed by atoms with Gasteiger partial charge in [0.1, 0.15) is 10.7 Å². The fourth-order valence-electron chi connectivity index (χ4n) is 2.87. The molecule has 0 bridgehead atoms. The molecule has 1 aromatic carbocycles. The van der Waals surface area contributed by atoms with E-state index in [1.165, 1.54) is 47.3 Å². The highest BCUT2D eigenvalue weighted by molar-refractivity contribution is 7.14. The van der Waals surface area contributed by atoms with E-state index in [9.17, 15) is 14.0 Å². The molecule has 138 valence electrons. The standard InChI is InChI=1S/C19H19ClFNO3S/c1-11(18(23)22-15-8-7-13(21)10-14(15)20)25-19(24)17-9-12-5-3-2-4-6-16(12)26-17/h7-11H,2-6H2,1H3,(H,22,23). The van der Waals surface area contributed by atoms with Crippen molar-refractivity contribution in [2.45, 2.75) is 45.1 Å².